The molecule has 1 aliphatic rings. The highest BCUT2D eigenvalue weighted by Crippen LogP contribution is 2.21. The van der Waals surface area contributed by atoms with E-state index in [-0.39, 0.29) is 24.2 Å². The van der Waals surface area contributed by atoms with E-state index < -0.39 is 0 Å². The average Bonchev–Trinajstić information content (AvgIpc) is 3.01. The van der Waals surface area contributed by atoms with Crippen molar-refractivity contribution in [2.45, 2.75) is 19.5 Å². The minimum absolute atomic E-state index is 0.0290. The summed E-state index contributed by atoms with van der Waals surface area (Å²) in [5.41, 5.74) is 2.00. The number of amides is 2. The molecule has 0 spiro atoms. The molecular formula is C20H22N2O3. The molecule has 25 heavy (non-hydrogen) atoms. The fourth-order valence-corrected chi connectivity index (χ4v) is 3.08. The van der Waals surface area contributed by atoms with E-state index in [0.717, 1.165) is 16.9 Å². The van der Waals surface area contributed by atoms with Crippen LogP contribution in [0.25, 0.3) is 0 Å². The Hall–Kier alpha value is -2.82. The first-order valence-corrected chi connectivity index (χ1v) is 8.38. The highest BCUT2D eigenvalue weighted by molar-refractivity contribution is 5.89. The van der Waals surface area contributed by atoms with Crippen LogP contribution in [0.2, 0.25) is 0 Å². The molecule has 1 unspecified atom stereocenters. The molecule has 0 aliphatic carbocycles. The van der Waals surface area contributed by atoms with Crippen LogP contribution in [-0.4, -0.2) is 30.4 Å². The molecule has 5 nitrogen and oxygen atoms in total. The third kappa shape index (κ3) is 4.18. The molecule has 0 aromatic heterocycles. The summed E-state index contributed by atoms with van der Waals surface area (Å²) in [5, 5.41) is 2.92. The summed E-state index contributed by atoms with van der Waals surface area (Å²) in [4.78, 5) is 26.4. The second-order valence-electron chi connectivity index (χ2n) is 6.19. The van der Waals surface area contributed by atoms with Crippen molar-refractivity contribution in [2.75, 3.05) is 13.7 Å². The SMILES string of the molecule is COc1ccccc1CNC(=O)C1CC(=O)N(Cc2ccccc2)C1. The van der Waals surface area contributed by atoms with Gasteiger partial charge in [-0.15, -0.1) is 0 Å². The molecule has 2 aromatic rings. The van der Waals surface area contributed by atoms with Gasteiger partial charge in [0.05, 0.1) is 13.0 Å². The van der Waals surface area contributed by atoms with E-state index in [1.54, 1.807) is 12.0 Å². The van der Waals surface area contributed by atoms with E-state index in [0.29, 0.717) is 19.6 Å². The molecule has 0 bridgehead atoms. The van der Waals surface area contributed by atoms with E-state index in [1.807, 2.05) is 54.6 Å². The molecule has 5 heteroatoms. The number of para-hydroxylation sites is 1. The van der Waals surface area contributed by atoms with E-state index in [9.17, 15) is 9.59 Å². The van der Waals surface area contributed by atoms with E-state index in [2.05, 4.69) is 5.32 Å². The van der Waals surface area contributed by atoms with Crippen LogP contribution in [0.4, 0.5) is 0 Å². The van der Waals surface area contributed by atoms with Crippen molar-refractivity contribution < 1.29 is 14.3 Å². The van der Waals surface area contributed by atoms with E-state index in [4.69, 9.17) is 4.74 Å². The van der Waals surface area contributed by atoms with Gasteiger partial charge in [0, 0.05) is 31.6 Å². The third-order valence-electron chi connectivity index (χ3n) is 4.45. The van der Waals surface area contributed by atoms with Crippen LogP contribution >= 0.6 is 0 Å². The number of methoxy groups -OCH3 is 1. The van der Waals surface area contributed by atoms with Crippen LogP contribution < -0.4 is 10.1 Å². The summed E-state index contributed by atoms with van der Waals surface area (Å²) >= 11 is 0. The predicted octanol–water partition coefficient (Wildman–Crippen LogP) is 2.36. The largest absolute Gasteiger partial charge is 0.496 e. The lowest BCUT2D eigenvalue weighted by Gasteiger charge is -2.17. The molecule has 0 radical (unpaired) electrons. The zero-order chi connectivity index (χ0) is 17.6. The summed E-state index contributed by atoms with van der Waals surface area (Å²) in [5.74, 6) is 0.387. The lowest BCUT2D eigenvalue weighted by atomic mass is 10.1. The summed E-state index contributed by atoms with van der Waals surface area (Å²) in [6.07, 6.45) is 0.268. The zero-order valence-electron chi connectivity index (χ0n) is 14.3. The van der Waals surface area contributed by atoms with Crippen molar-refractivity contribution in [3.05, 3.63) is 65.7 Å². The molecule has 130 valence electrons. The molecule has 1 N–H and O–H groups in total. The number of rotatable bonds is 6. The van der Waals surface area contributed by atoms with Crippen molar-refractivity contribution in [3.8, 4) is 5.75 Å². The van der Waals surface area contributed by atoms with Crippen LogP contribution in [-0.2, 0) is 22.7 Å². The van der Waals surface area contributed by atoms with Gasteiger partial charge < -0.3 is 15.0 Å². The van der Waals surface area contributed by atoms with E-state index in [1.165, 1.54) is 0 Å². The van der Waals surface area contributed by atoms with Gasteiger partial charge in [0.2, 0.25) is 11.8 Å². The number of carbonyl (C=O) groups excluding carboxylic acids is 2. The van der Waals surface area contributed by atoms with Gasteiger partial charge in [0.25, 0.3) is 0 Å². The van der Waals surface area contributed by atoms with Gasteiger partial charge in [-0.2, -0.15) is 0 Å². The van der Waals surface area contributed by atoms with Gasteiger partial charge >= 0.3 is 0 Å². The van der Waals surface area contributed by atoms with Crippen LogP contribution in [0, 0.1) is 5.92 Å². The summed E-state index contributed by atoms with van der Waals surface area (Å²) in [6, 6.07) is 17.4. The maximum Gasteiger partial charge on any atom is 0.225 e. The van der Waals surface area contributed by atoms with Crippen molar-refractivity contribution in [1.82, 2.24) is 10.2 Å². The first-order valence-electron chi connectivity index (χ1n) is 8.38. The first-order chi connectivity index (χ1) is 12.2. The summed E-state index contributed by atoms with van der Waals surface area (Å²) < 4.78 is 5.29. The third-order valence-corrected chi connectivity index (χ3v) is 4.45. The van der Waals surface area contributed by atoms with Gasteiger partial charge in [-0.05, 0) is 11.6 Å². The molecule has 0 saturated carbocycles. The topological polar surface area (TPSA) is 58.6 Å². The first kappa shape index (κ1) is 17.0. The van der Waals surface area contributed by atoms with Crippen molar-refractivity contribution in [1.29, 1.82) is 0 Å². The Balaban J connectivity index is 1.55. The minimum atomic E-state index is -0.300. The molecule has 1 heterocycles. The molecule has 1 fully saturated rings. The number of hydrogen-bond acceptors (Lipinski definition) is 3. The smallest absolute Gasteiger partial charge is 0.225 e. The quantitative estimate of drug-likeness (QED) is 0.880. The average molecular weight is 338 g/mol. The Morgan fingerprint density at radius 3 is 2.64 bits per heavy atom. The highest BCUT2D eigenvalue weighted by atomic mass is 16.5. The molecule has 2 aromatic carbocycles. The van der Waals surface area contributed by atoms with Gasteiger partial charge in [-0.3, -0.25) is 9.59 Å². The number of likely N-dealkylation sites (tertiary alicyclic amines) is 1. The van der Waals surface area contributed by atoms with Crippen LogP contribution in [0.15, 0.2) is 54.6 Å². The van der Waals surface area contributed by atoms with Crippen LogP contribution in [0.5, 0.6) is 5.75 Å². The number of nitrogens with one attached hydrogen (secondary N) is 1. The summed E-state index contributed by atoms with van der Waals surface area (Å²) in [7, 11) is 1.61. The number of benzene rings is 2. The van der Waals surface area contributed by atoms with Crippen LogP contribution in [0.1, 0.15) is 17.5 Å². The van der Waals surface area contributed by atoms with Crippen molar-refractivity contribution >= 4 is 11.8 Å². The Morgan fingerprint density at radius 2 is 1.88 bits per heavy atom. The lowest BCUT2D eigenvalue weighted by molar-refractivity contribution is -0.129. The molecule has 2 amide bonds. The highest BCUT2D eigenvalue weighted by Gasteiger charge is 2.34. The normalized spacial score (nSPS) is 16.8. The lowest BCUT2D eigenvalue weighted by Crippen LogP contribution is -2.32. The molecule has 1 atom stereocenters. The summed E-state index contributed by atoms with van der Waals surface area (Å²) in [6.45, 7) is 1.41. The van der Waals surface area contributed by atoms with Crippen LogP contribution in [0.3, 0.4) is 0 Å². The van der Waals surface area contributed by atoms with Gasteiger partial charge in [0.1, 0.15) is 5.75 Å². The second-order valence-corrected chi connectivity index (χ2v) is 6.19. The van der Waals surface area contributed by atoms with E-state index >= 15 is 0 Å². The predicted molar refractivity (Wildman–Crippen MR) is 94.8 cm³/mol. The van der Waals surface area contributed by atoms with Gasteiger partial charge in [0.15, 0.2) is 0 Å². The Labute approximate surface area is 147 Å². The Kier molecular flexibility index (Phi) is 5.33. The monoisotopic (exact) mass is 338 g/mol. The maximum atomic E-state index is 12.4. The maximum absolute atomic E-state index is 12.4. The second kappa shape index (κ2) is 7.83. The molecule has 3 rings (SSSR count). The molecule has 1 aliphatic heterocycles. The fourth-order valence-electron chi connectivity index (χ4n) is 3.08. The number of nitrogens with zero attached hydrogens (tertiary/aromatic N) is 1. The van der Waals surface area contributed by atoms with Crippen molar-refractivity contribution in [2.24, 2.45) is 5.92 Å². The number of carbonyl (C=O) groups is 2. The number of ether oxygens (including phenoxy) is 1. The zero-order valence-corrected chi connectivity index (χ0v) is 14.3. The minimum Gasteiger partial charge on any atom is -0.496 e. The molecule has 1 saturated heterocycles. The Bertz CT molecular complexity index is 746. The fraction of sp³-hybridized carbons (Fsp3) is 0.300. The molecular weight excluding hydrogens is 316 g/mol. The van der Waals surface area contributed by atoms with Crippen molar-refractivity contribution in [3.63, 3.8) is 0 Å². The Morgan fingerprint density at radius 1 is 1.16 bits per heavy atom. The van der Waals surface area contributed by atoms with Gasteiger partial charge in [-0.1, -0.05) is 48.5 Å². The van der Waals surface area contributed by atoms with Gasteiger partial charge in [-0.25, -0.2) is 0 Å². The number of hydrogen-bond donors (Lipinski definition) is 1. The standard InChI is InChI=1S/C20H22N2O3/c1-25-18-10-6-5-9-16(18)12-21-20(24)17-11-19(23)22(14-17)13-15-7-3-2-4-8-15/h2-10,17H,11-14H2,1H3,(H,21,24).